The van der Waals surface area contributed by atoms with Crippen LogP contribution in [0.5, 0.6) is 0 Å². The van der Waals surface area contributed by atoms with Gasteiger partial charge >= 0.3 is 0 Å². The third-order valence-corrected chi connectivity index (χ3v) is 4.36. The molecule has 3 rings (SSSR count). The maximum atomic E-state index is 12.0. The first-order chi connectivity index (χ1) is 10.2. The van der Waals surface area contributed by atoms with E-state index in [0.717, 1.165) is 5.56 Å². The maximum absolute atomic E-state index is 12.0. The van der Waals surface area contributed by atoms with E-state index in [0.29, 0.717) is 17.5 Å². The van der Waals surface area contributed by atoms with Gasteiger partial charge in [0.25, 0.3) is 5.56 Å². The number of fused-ring (bicyclic) bond motifs is 1. The van der Waals surface area contributed by atoms with Crippen LogP contribution >= 0.6 is 11.8 Å². The smallest absolute Gasteiger partial charge is 0.254 e. The lowest BCUT2D eigenvalue weighted by Gasteiger charge is -2.12. The Bertz CT molecular complexity index is 702. The standard InChI is InChI=1S/C14H14N4O2S/c19-12(17-8-10-2-1-4-15-7-10)6-11-9-21-14-16-5-3-13(20)18(11)14/h1-5,7,11H,6,8-9H2,(H,17,19)/t11-/m1/s1. The first kappa shape index (κ1) is 13.8. The number of nitrogens with one attached hydrogen (secondary N) is 1. The molecule has 0 unspecified atom stereocenters. The van der Waals surface area contributed by atoms with Crippen molar-refractivity contribution in [3.05, 3.63) is 52.7 Å². The minimum atomic E-state index is -0.125. The summed E-state index contributed by atoms with van der Waals surface area (Å²) in [6.45, 7) is 0.446. The van der Waals surface area contributed by atoms with Crippen molar-refractivity contribution in [1.82, 2.24) is 19.9 Å². The summed E-state index contributed by atoms with van der Waals surface area (Å²) in [5, 5.41) is 3.54. The zero-order chi connectivity index (χ0) is 14.7. The summed E-state index contributed by atoms with van der Waals surface area (Å²) in [4.78, 5) is 32.0. The highest BCUT2D eigenvalue weighted by Crippen LogP contribution is 2.31. The van der Waals surface area contributed by atoms with Crippen LogP contribution < -0.4 is 10.9 Å². The maximum Gasteiger partial charge on any atom is 0.254 e. The number of nitrogens with zero attached hydrogens (tertiary/aromatic N) is 3. The fourth-order valence-electron chi connectivity index (χ4n) is 2.23. The molecule has 0 bridgehead atoms. The Morgan fingerprint density at radius 1 is 1.43 bits per heavy atom. The quantitative estimate of drug-likeness (QED) is 0.852. The van der Waals surface area contributed by atoms with E-state index in [1.165, 1.54) is 24.0 Å². The number of amides is 1. The lowest BCUT2D eigenvalue weighted by molar-refractivity contribution is -0.121. The minimum Gasteiger partial charge on any atom is -0.352 e. The van der Waals surface area contributed by atoms with Gasteiger partial charge in [0.15, 0.2) is 5.16 Å². The second-order valence-electron chi connectivity index (χ2n) is 4.74. The van der Waals surface area contributed by atoms with Gasteiger partial charge in [-0.15, -0.1) is 0 Å². The van der Waals surface area contributed by atoms with Crippen LogP contribution in [0.4, 0.5) is 0 Å². The van der Waals surface area contributed by atoms with Gasteiger partial charge in [0, 0.05) is 43.4 Å². The summed E-state index contributed by atoms with van der Waals surface area (Å²) >= 11 is 1.51. The van der Waals surface area contributed by atoms with E-state index in [9.17, 15) is 9.59 Å². The molecule has 0 aliphatic carbocycles. The molecular weight excluding hydrogens is 288 g/mol. The van der Waals surface area contributed by atoms with Gasteiger partial charge in [0.1, 0.15) is 0 Å². The van der Waals surface area contributed by atoms with Crippen LogP contribution in [0.15, 0.2) is 46.7 Å². The zero-order valence-corrected chi connectivity index (χ0v) is 12.0. The van der Waals surface area contributed by atoms with E-state index in [1.54, 1.807) is 17.0 Å². The van der Waals surface area contributed by atoms with Crippen molar-refractivity contribution in [1.29, 1.82) is 0 Å². The van der Waals surface area contributed by atoms with Crippen molar-refractivity contribution < 1.29 is 4.79 Å². The molecule has 2 aromatic heterocycles. The molecule has 0 spiro atoms. The molecule has 0 saturated carbocycles. The first-order valence-corrected chi connectivity index (χ1v) is 7.58. The number of hydrogen-bond donors (Lipinski definition) is 1. The average Bonchev–Trinajstić information content (AvgIpc) is 2.91. The second-order valence-corrected chi connectivity index (χ2v) is 5.73. The predicted octanol–water partition coefficient (Wildman–Crippen LogP) is 0.992. The highest BCUT2D eigenvalue weighted by Gasteiger charge is 2.26. The molecule has 6 nitrogen and oxygen atoms in total. The molecule has 7 heteroatoms. The van der Waals surface area contributed by atoms with Gasteiger partial charge < -0.3 is 5.32 Å². The average molecular weight is 302 g/mol. The third-order valence-electron chi connectivity index (χ3n) is 3.25. The monoisotopic (exact) mass is 302 g/mol. The molecule has 1 aliphatic heterocycles. The van der Waals surface area contributed by atoms with Crippen molar-refractivity contribution >= 4 is 17.7 Å². The molecule has 1 amide bonds. The number of carbonyl (C=O) groups is 1. The summed E-state index contributed by atoms with van der Waals surface area (Å²) in [5.41, 5.74) is 0.848. The molecule has 3 heterocycles. The van der Waals surface area contributed by atoms with E-state index in [-0.39, 0.29) is 23.9 Å². The Kier molecular flexibility index (Phi) is 4.01. The van der Waals surface area contributed by atoms with Crippen LogP contribution in [0.1, 0.15) is 18.0 Å². The lowest BCUT2D eigenvalue weighted by atomic mass is 10.2. The molecule has 0 fully saturated rings. The van der Waals surface area contributed by atoms with Gasteiger partial charge in [-0.3, -0.25) is 19.1 Å². The highest BCUT2D eigenvalue weighted by molar-refractivity contribution is 7.99. The Morgan fingerprint density at radius 2 is 2.33 bits per heavy atom. The molecule has 1 N–H and O–H groups in total. The molecular formula is C14H14N4O2S. The van der Waals surface area contributed by atoms with Crippen LogP contribution in [0.3, 0.4) is 0 Å². The van der Waals surface area contributed by atoms with Gasteiger partial charge in [-0.05, 0) is 11.6 Å². The number of carbonyl (C=O) groups excluding carboxylic acids is 1. The summed E-state index contributed by atoms with van der Waals surface area (Å²) < 4.78 is 1.61. The fourth-order valence-corrected chi connectivity index (χ4v) is 3.35. The molecule has 1 atom stereocenters. The lowest BCUT2D eigenvalue weighted by Crippen LogP contribution is -2.30. The van der Waals surface area contributed by atoms with Crippen molar-refractivity contribution in [2.75, 3.05) is 5.75 Å². The molecule has 0 saturated heterocycles. The van der Waals surface area contributed by atoms with Gasteiger partial charge in [0.05, 0.1) is 6.04 Å². The topological polar surface area (TPSA) is 76.9 Å². The Morgan fingerprint density at radius 3 is 3.14 bits per heavy atom. The fraction of sp³-hybridized carbons (Fsp3) is 0.286. The van der Waals surface area contributed by atoms with Crippen LogP contribution in [0, 0.1) is 0 Å². The highest BCUT2D eigenvalue weighted by atomic mass is 32.2. The Balaban J connectivity index is 1.61. The number of pyridine rings is 1. The van der Waals surface area contributed by atoms with Crippen LogP contribution in [-0.2, 0) is 11.3 Å². The molecule has 108 valence electrons. The molecule has 0 aromatic carbocycles. The van der Waals surface area contributed by atoms with E-state index in [1.807, 2.05) is 12.1 Å². The predicted molar refractivity (Wildman–Crippen MR) is 79.0 cm³/mol. The van der Waals surface area contributed by atoms with Gasteiger partial charge in [0.2, 0.25) is 5.91 Å². The molecule has 1 aliphatic rings. The van der Waals surface area contributed by atoms with Crippen LogP contribution in [0.25, 0.3) is 0 Å². The molecule has 0 radical (unpaired) electrons. The zero-order valence-electron chi connectivity index (χ0n) is 11.2. The van der Waals surface area contributed by atoms with Crippen molar-refractivity contribution in [2.24, 2.45) is 0 Å². The van der Waals surface area contributed by atoms with Gasteiger partial charge in [-0.2, -0.15) is 0 Å². The largest absolute Gasteiger partial charge is 0.352 e. The van der Waals surface area contributed by atoms with Gasteiger partial charge in [-0.25, -0.2) is 4.98 Å². The van der Waals surface area contributed by atoms with E-state index in [4.69, 9.17) is 0 Å². The van der Waals surface area contributed by atoms with Crippen LogP contribution in [0.2, 0.25) is 0 Å². The SMILES string of the molecule is O=C(C[C@@H]1CSc2nccc(=O)n21)NCc1cccnc1. The van der Waals surface area contributed by atoms with Crippen molar-refractivity contribution in [2.45, 2.75) is 24.2 Å². The summed E-state index contributed by atoms with van der Waals surface area (Å²) in [6.07, 6.45) is 5.20. The number of hydrogen-bond acceptors (Lipinski definition) is 5. The van der Waals surface area contributed by atoms with Crippen molar-refractivity contribution in [3.8, 4) is 0 Å². The van der Waals surface area contributed by atoms with E-state index in [2.05, 4.69) is 15.3 Å². The number of thioether (sulfide) groups is 1. The third kappa shape index (κ3) is 3.13. The Labute approximate surface area is 125 Å². The van der Waals surface area contributed by atoms with E-state index >= 15 is 0 Å². The molecule has 2 aromatic rings. The Hall–Kier alpha value is -2.15. The second kappa shape index (κ2) is 6.09. The summed E-state index contributed by atoms with van der Waals surface area (Å²) in [5.74, 6) is 0.625. The minimum absolute atomic E-state index is 0.0759. The number of aromatic nitrogens is 3. The summed E-state index contributed by atoms with van der Waals surface area (Å²) in [7, 11) is 0. The van der Waals surface area contributed by atoms with Crippen molar-refractivity contribution in [3.63, 3.8) is 0 Å². The normalized spacial score (nSPS) is 16.5. The van der Waals surface area contributed by atoms with E-state index < -0.39 is 0 Å². The van der Waals surface area contributed by atoms with Gasteiger partial charge in [-0.1, -0.05) is 17.8 Å². The molecule has 21 heavy (non-hydrogen) atoms. The first-order valence-electron chi connectivity index (χ1n) is 6.60. The number of rotatable bonds is 4. The van der Waals surface area contributed by atoms with Crippen LogP contribution in [-0.4, -0.2) is 26.2 Å². The summed E-state index contributed by atoms with van der Waals surface area (Å²) in [6, 6.07) is 5.04.